The average Bonchev–Trinajstić information content (AvgIpc) is 3.05. The standard InChI is InChI=1S/C12H18N4O3S/c1-9(2)15-7-10-3-4-12(19-10)20(17,18)16-8-11-13-5-6-14-11/h3-6,9,15-16H,7-8H2,1-2H3,(H,13,14). The van der Waals surface area contributed by atoms with Crippen LogP contribution in [0.4, 0.5) is 0 Å². The minimum absolute atomic E-state index is 0.0929. The lowest BCUT2D eigenvalue weighted by molar-refractivity contribution is 0.393. The first-order valence-corrected chi connectivity index (χ1v) is 7.76. The number of rotatable bonds is 7. The van der Waals surface area contributed by atoms with Crippen molar-refractivity contribution in [2.24, 2.45) is 0 Å². The number of nitrogens with one attached hydrogen (secondary N) is 3. The van der Waals surface area contributed by atoms with Crippen LogP contribution in [0.15, 0.2) is 34.0 Å². The van der Waals surface area contributed by atoms with Gasteiger partial charge in [0.25, 0.3) is 10.0 Å². The number of furan rings is 1. The second kappa shape index (κ2) is 6.21. The molecule has 3 N–H and O–H groups in total. The number of aromatic nitrogens is 2. The van der Waals surface area contributed by atoms with Gasteiger partial charge in [-0.25, -0.2) is 18.1 Å². The number of aromatic amines is 1. The van der Waals surface area contributed by atoms with Gasteiger partial charge in [-0.15, -0.1) is 0 Å². The van der Waals surface area contributed by atoms with Crippen LogP contribution in [-0.2, 0) is 23.1 Å². The van der Waals surface area contributed by atoms with Crippen LogP contribution in [0.1, 0.15) is 25.4 Å². The Balaban J connectivity index is 1.98. The lowest BCUT2D eigenvalue weighted by Crippen LogP contribution is -2.23. The fourth-order valence-electron chi connectivity index (χ4n) is 1.53. The van der Waals surface area contributed by atoms with Crippen molar-refractivity contribution in [2.45, 2.75) is 38.1 Å². The summed E-state index contributed by atoms with van der Waals surface area (Å²) in [6.07, 6.45) is 3.19. The molecule has 0 aliphatic rings. The smallest absolute Gasteiger partial charge is 0.274 e. The highest BCUT2D eigenvalue weighted by molar-refractivity contribution is 7.89. The van der Waals surface area contributed by atoms with Crippen LogP contribution >= 0.6 is 0 Å². The minimum atomic E-state index is -3.66. The third-order valence-electron chi connectivity index (χ3n) is 2.57. The van der Waals surface area contributed by atoms with Gasteiger partial charge in [0.15, 0.2) is 0 Å². The zero-order valence-electron chi connectivity index (χ0n) is 11.4. The molecule has 0 spiro atoms. The molecular weight excluding hydrogens is 280 g/mol. The Kier molecular flexibility index (Phi) is 4.58. The van der Waals surface area contributed by atoms with E-state index in [9.17, 15) is 8.42 Å². The van der Waals surface area contributed by atoms with Crippen LogP contribution in [0.3, 0.4) is 0 Å². The van der Waals surface area contributed by atoms with E-state index in [0.717, 1.165) is 0 Å². The molecule has 2 aromatic heterocycles. The SMILES string of the molecule is CC(C)NCc1ccc(S(=O)(=O)NCc2ncc[nH]2)o1. The van der Waals surface area contributed by atoms with Gasteiger partial charge in [-0.3, -0.25) is 0 Å². The van der Waals surface area contributed by atoms with Gasteiger partial charge in [0.2, 0.25) is 5.09 Å². The molecule has 7 nitrogen and oxygen atoms in total. The van der Waals surface area contributed by atoms with Gasteiger partial charge in [0, 0.05) is 18.4 Å². The van der Waals surface area contributed by atoms with Crippen molar-refractivity contribution in [3.63, 3.8) is 0 Å². The van der Waals surface area contributed by atoms with Crippen LogP contribution in [0.5, 0.6) is 0 Å². The molecule has 8 heteroatoms. The van der Waals surface area contributed by atoms with Crippen molar-refractivity contribution in [3.8, 4) is 0 Å². The van der Waals surface area contributed by atoms with Crippen molar-refractivity contribution in [1.29, 1.82) is 0 Å². The molecule has 110 valence electrons. The van der Waals surface area contributed by atoms with Gasteiger partial charge in [0.05, 0.1) is 13.1 Å². The molecule has 0 radical (unpaired) electrons. The second-order valence-corrected chi connectivity index (χ2v) is 6.31. The molecule has 0 aromatic carbocycles. The highest BCUT2D eigenvalue weighted by Gasteiger charge is 2.18. The van der Waals surface area contributed by atoms with Crippen molar-refractivity contribution in [3.05, 3.63) is 36.1 Å². The van der Waals surface area contributed by atoms with E-state index < -0.39 is 10.0 Å². The molecule has 0 bridgehead atoms. The predicted octanol–water partition coefficient (Wildman–Crippen LogP) is 0.979. The van der Waals surface area contributed by atoms with Crippen LogP contribution in [0, 0.1) is 0 Å². The van der Waals surface area contributed by atoms with E-state index in [1.165, 1.54) is 6.07 Å². The van der Waals surface area contributed by atoms with Gasteiger partial charge in [-0.1, -0.05) is 13.8 Å². The fraction of sp³-hybridized carbons (Fsp3) is 0.417. The zero-order chi connectivity index (χ0) is 14.6. The lowest BCUT2D eigenvalue weighted by Gasteiger charge is -2.05. The first kappa shape index (κ1) is 14.8. The van der Waals surface area contributed by atoms with E-state index in [1.807, 2.05) is 13.8 Å². The second-order valence-electron chi connectivity index (χ2n) is 4.62. The summed E-state index contributed by atoms with van der Waals surface area (Å²) in [5, 5.41) is 3.06. The Morgan fingerprint density at radius 1 is 1.35 bits per heavy atom. The molecule has 0 aliphatic heterocycles. The van der Waals surface area contributed by atoms with E-state index in [-0.39, 0.29) is 11.6 Å². The van der Waals surface area contributed by atoms with Crippen LogP contribution < -0.4 is 10.0 Å². The molecule has 2 heterocycles. The molecule has 20 heavy (non-hydrogen) atoms. The van der Waals surface area contributed by atoms with E-state index in [4.69, 9.17) is 4.42 Å². The number of nitrogens with zero attached hydrogens (tertiary/aromatic N) is 1. The molecule has 2 aromatic rings. The fourth-order valence-corrected chi connectivity index (χ4v) is 2.46. The number of hydrogen-bond donors (Lipinski definition) is 3. The summed E-state index contributed by atoms with van der Waals surface area (Å²) in [6, 6.07) is 3.40. The highest BCUT2D eigenvalue weighted by Crippen LogP contribution is 2.14. The summed E-state index contributed by atoms with van der Waals surface area (Å²) < 4.78 is 31.8. The Labute approximate surface area is 117 Å². The maximum Gasteiger partial charge on any atom is 0.274 e. The van der Waals surface area contributed by atoms with Crippen molar-refractivity contribution in [1.82, 2.24) is 20.0 Å². The van der Waals surface area contributed by atoms with Gasteiger partial charge >= 0.3 is 0 Å². The van der Waals surface area contributed by atoms with Crippen LogP contribution in [0.25, 0.3) is 0 Å². The quantitative estimate of drug-likeness (QED) is 0.707. The third kappa shape index (κ3) is 3.92. The summed E-state index contributed by atoms with van der Waals surface area (Å²) in [4.78, 5) is 6.76. The Hall–Kier alpha value is -1.64. The monoisotopic (exact) mass is 298 g/mol. The Bertz CT molecular complexity index is 631. The van der Waals surface area contributed by atoms with E-state index in [1.54, 1.807) is 18.5 Å². The van der Waals surface area contributed by atoms with E-state index in [0.29, 0.717) is 24.2 Å². The van der Waals surface area contributed by atoms with Gasteiger partial charge < -0.3 is 14.7 Å². The Morgan fingerprint density at radius 2 is 2.15 bits per heavy atom. The first-order valence-electron chi connectivity index (χ1n) is 6.27. The molecule has 0 unspecified atom stereocenters. The highest BCUT2D eigenvalue weighted by atomic mass is 32.2. The minimum Gasteiger partial charge on any atom is -0.447 e. The van der Waals surface area contributed by atoms with Gasteiger partial charge in [-0.2, -0.15) is 0 Å². The summed E-state index contributed by atoms with van der Waals surface area (Å²) >= 11 is 0. The zero-order valence-corrected chi connectivity index (χ0v) is 12.2. The van der Waals surface area contributed by atoms with Crippen LogP contribution in [0.2, 0.25) is 0 Å². The molecule has 0 amide bonds. The number of sulfonamides is 1. The summed E-state index contributed by atoms with van der Waals surface area (Å²) in [5.41, 5.74) is 0. The largest absolute Gasteiger partial charge is 0.447 e. The molecular formula is C12H18N4O3S. The molecule has 0 aliphatic carbocycles. The average molecular weight is 298 g/mol. The van der Waals surface area contributed by atoms with Crippen molar-refractivity contribution < 1.29 is 12.8 Å². The molecule has 0 fully saturated rings. The van der Waals surface area contributed by atoms with Crippen molar-refractivity contribution in [2.75, 3.05) is 0 Å². The van der Waals surface area contributed by atoms with Gasteiger partial charge in [-0.05, 0) is 12.1 Å². The maximum absolute atomic E-state index is 12.0. The van der Waals surface area contributed by atoms with Crippen molar-refractivity contribution >= 4 is 10.0 Å². The van der Waals surface area contributed by atoms with Gasteiger partial charge in [0.1, 0.15) is 11.6 Å². The molecule has 0 saturated heterocycles. The number of imidazole rings is 1. The predicted molar refractivity (Wildman–Crippen MR) is 73.3 cm³/mol. The number of H-pyrrole nitrogens is 1. The summed E-state index contributed by atoms with van der Waals surface area (Å²) in [6.45, 7) is 4.60. The summed E-state index contributed by atoms with van der Waals surface area (Å²) in [5.74, 6) is 1.12. The normalized spacial score (nSPS) is 12.2. The summed E-state index contributed by atoms with van der Waals surface area (Å²) in [7, 11) is -3.66. The molecule has 0 saturated carbocycles. The molecule has 2 rings (SSSR count). The topological polar surface area (TPSA) is 100 Å². The Morgan fingerprint density at radius 3 is 2.80 bits per heavy atom. The number of hydrogen-bond acceptors (Lipinski definition) is 5. The lowest BCUT2D eigenvalue weighted by atomic mass is 10.3. The van der Waals surface area contributed by atoms with Crippen LogP contribution in [-0.4, -0.2) is 24.4 Å². The first-order chi connectivity index (χ1) is 9.47. The molecule has 0 atom stereocenters. The van der Waals surface area contributed by atoms with E-state index in [2.05, 4.69) is 20.0 Å². The van der Waals surface area contributed by atoms with E-state index >= 15 is 0 Å². The third-order valence-corrected chi connectivity index (χ3v) is 3.84. The maximum atomic E-state index is 12.0.